The zero-order valence-electron chi connectivity index (χ0n) is 14.4. The van der Waals surface area contributed by atoms with Crippen LogP contribution in [-0.2, 0) is 18.3 Å². The summed E-state index contributed by atoms with van der Waals surface area (Å²) in [5.41, 5.74) is 2.67. The van der Waals surface area contributed by atoms with Crippen molar-refractivity contribution in [3.63, 3.8) is 0 Å². The Balaban J connectivity index is 1.42. The van der Waals surface area contributed by atoms with E-state index in [9.17, 15) is 5.11 Å². The van der Waals surface area contributed by atoms with Gasteiger partial charge in [-0.3, -0.25) is 9.80 Å². The van der Waals surface area contributed by atoms with Gasteiger partial charge in [0.1, 0.15) is 0 Å². The maximum absolute atomic E-state index is 10.1. The van der Waals surface area contributed by atoms with Crippen LogP contribution in [0.3, 0.4) is 0 Å². The van der Waals surface area contributed by atoms with Crippen molar-refractivity contribution < 1.29 is 9.84 Å². The van der Waals surface area contributed by atoms with Crippen molar-refractivity contribution in [3.8, 4) is 0 Å². The molecule has 0 aliphatic carbocycles. The summed E-state index contributed by atoms with van der Waals surface area (Å²) in [5.74, 6) is 0. The molecule has 0 saturated carbocycles. The number of rotatable bonds is 3. The fourth-order valence-electron chi connectivity index (χ4n) is 4.09. The first-order valence-corrected chi connectivity index (χ1v) is 8.98. The Morgan fingerprint density at radius 2 is 2.00 bits per heavy atom. The molecule has 2 fully saturated rings. The van der Waals surface area contributed by atoms with E-state index >= 15 is 0 Å². The van der Waals surface area contributed by atoms with Gasteiger partial charge >= 0.3 is 0 Å². The first-order chi connectivity index (χ1) is 11.7. The number of benzene rings is 1. The van der Waals surface area contributed by atoms with Gasteiger partial charge in [-0.2, -0.15) is 0 Å². The number of aryl methyl sites for hydroxylation is 1. The maximum atomic E-state index is 10.1. The lowest BCUT2D eigenvalue weighted by molar-refractivity contribution is 0.0837. The number of nitrogens with zero attached hydrogens (tertiary/aromatic N) is 3. The summed E-state index contributed by atoms with van der Waals surface area (Å²) in [5, 5.41) is 11.4. The number of aromatic nitrogens is 1. The number of aliphatic hydroxyl groups excluding tert-OH is 1. The molecule has 2 saturated heterocycles. The fraction of sp³-hybridized carbons (Fsp3) is 0.579. The molecule has 0 amide bonds. The van der Waals surface area contributed by atoms with Crippen LogP contribution in [0.1, 0.15) is 12.1 Å². The summed E-state index contributed by atoms with van der Waals surface area (Å²) in [6, 6.07) is 11.1. The van der Waals surface area contributed by atoms with Gasteiger partial charge < -0.3 is 14.4 Å². The van der Waals surface area contributed by atoms with E-state index in [1.807, 2.05) is 0 Å². The van der Waals surface area contributed by atoms with E-state index in [1.165, 1.54) is 16.6 Å². The van der Waals surface area contributed by atoms with E-state index < -0.39 is 0 Å². The van der Waals surface area contributed by atoms with Crippen molar-refractivity contribution in [2.75, 3.05) is 39.4 Å². The number of para-hydroxylation sites is 1. The molecule has 3 heterocycles. The standard InChI is InChI=1S/C19H27N3O2/c1-20-16(11-15-5-2-3-6-17(15)20)12-21-7-4-8-22(10-9-21)18-13-24-14-19(18)23/h2-3,5-6,11,18-19,23H,4,7-10,12-14H2,1H3/t18-,19-/m0/s1. The third-order valence-electron chi connectivity index (χ3n) is 5.55. The Labute approximate surface area is 143 Å². The zero-order chi connectivity index (χ0) is 16.5. The average Bonchev–Trinajstić information content (AvgIpc) is 3.05. The van der Waals surface area contributed by atoms with Crippen molar-refractivity contribution in [1.29, 1.82) is 0 Å². The van der Waals surface area contributed by atoms with Gasteiger partial charge in [0.25, 0.3) is 0 Å². The minimum absolute atomic E-state index is 0.183. The number of aliphatic hydroxyl groups is 1. The van der Waals surface area contributed by atoms with Crippen molar-refractivity contribution in [3.05, 3.63) is 36.0 Å². The van der Waals surface area contributed by atoms with E-state index in [1.54, 1.807) is 0 Å². The molecule has 2 atom stereocenters. The van der Waals surface area contributed by atoms with Gasteiger partial charge in [0.2, 0.25) is 0 Å². The van der Waals surface area contributed by atoms with Crippen LogP contribution in [0.4, 0.5) is 0 Å². The van der Waals surface area contributed by atoms with Crippen LogP contribution >= 0.6 is 0 Å². The number of hydrogen-bond acceptors (Lipinski definition) is 4. The van der Waals surface area contributed by atoms with E-state index in [-0.39, 0.29) is 12.1 Å². The molecule has 24 heavy (non-hydrogen) atoms. The van der Waals surface area contributed by atoms with E-state index in [0.29, 0.717) is 13.2 Å². The molecular weight excluding hydrogens is 302 g/mol. The predicted molar refractivity (Wildman–Crippen MR) is 95.0 cm³/mol. The molecular formula is C19H27N3O2. The van der Waals surface area contributed by atoms with Gasteiger partial charge in [-0.1, -0.05) is 18.2 Å². The molecule has 1 aromatic carbocycles. The van der Waals surface area contributed by atoms with Crippen LogP contribution in [0.5, 0.6) is 0 Å². The van der Waals surface area contributed by atoms with Crippen LogP contribution < -0.4 is 0 Å². The molecule has 0 bridgehead atoms. The smallest absolute Gasteiger partial charge is 0.0950 e. The van der Waals surface area contributed by atoms with Gasteiger partial charge in [0.05, 0.1) is 25.4 Å². The Morgan fingerprint density at radius 1 is 1.12 bits per heavy atom. The molecule has 2 aliphatic rings. The minimum atomic E-state index is -0.324. The molecule has 5 nitrogen and oxygen atoms in total. The quantitative estimate of drug-likeness (QED) is 0.925. The largest absolute Gasteiger partial charge is 0.389 e. The van der Waals surface area contributed by atoms with Crippen LogP contribution in [0.15, 0.2) is 30.3 Å². The summed E-state index contributed by atoms with van der Waals surface area (Å²) in [6.45, 7) is 6.37. The first kappa shape index (κ1) is 16.1. The van der Waals surface area contributed by atoms with Crippen molar-refractivity contribution >= 4 is 10.9 Å². The SMILES string of the molecule is Cn1c(CN2CCCN([C@H]3COC[C@@H]3O)CC2)cc2ccccc21. The van der Waals surface area contributed by atoms with Crippen molar-refractivity contribution in [2.24, 2.45) is 7.05 Å². The van der Waals surface area contributed by atoms with Gasteiger partial charge in [-0.25, -0.2) is 0 Å². The third-order valence-corrected chi connectivity index (χ3v) is 5.55. The van der Waals surface area contributed by atoms with Crippen molar-refractivity contribution in [2.45, 2.75) is 25.1 Å². The number of fused-ring (bicyclic) bond motifs is 1. The monoisotopic (exact) mass is 329 g/mol. The second kappa shape index (κ2) is 6.84. The third kappa shape index (κ3) is 3.09. The average molecular weight is 329 g/mol. The Morgan fingerprint density at radius 3 is 2.79 bits per heavy atom. The molecule has 1 aromatic heterocycles. The molecule has 130 valence electrons. The number of hydrogen-bond donors (Lipinski definition) is 1. The molecule has 2 aliphatic heterocycles. The molecule has 0 radical (unpaired) electrons. The Kier molecular flexibility index (Phi) is 4.59. The molecule has 2 aromatic rings. The van der Waals surface area contributed by atoms with Crippen LogP contribution in [0, 0.1) is 0 Å². The molecule has 0 unspecified atom stereocenters. The summed E-state index contributed by atoms with van der Waals surface area (Å²) >= 11 is 0. The summed E-state index contributed by atoms with van der Waals surface area (Å²) < 4.78 is 7.74. The molecule has 5 heteroatoms. The van der Waals surface area contributed by atoms with Gasteiger partial charge in [-0.15, -0.1) is 0 Å². The predicted octanol–water partition coefficient (Wildman–Crippen LogP) is 1.45. The topological polar surface area (TPSA) is 40.9 Å². The van der Waals surface area contributed by atoms with Crippen LogP contribution in [-0.4, -0.2) is 71.0 Å². The van der Waals surface area contributed by atoms with Crippen molar-refractivity contribution in [1.82, 2.24) is 14.4 Å². The lowest BCUT2D eigenvalue weighted by Gasteiger charge is -2.28. The minimum Gasteiger partial charge on any atom is -0.389 e. The van der Waals surface area contributed by atoms with Gasteiger partial charge in [-0.05, 0) is 37.0 Å². The van der Waals surface area contributed by atoms with Gasteiger partial charge in [0, 0.05) is 37.9 Å². The Bertz CT molecular complexity index is 699. The van der Waals surface area contributed by atoms with Gasteiger partial charge in [0.15, 0.2) is 0 Å². The molecule has 4 rings (SSSR count). The van der Waals surface area contributed by atoms with Crippen LogP contribution in [0.25, 0.3) is 10.9 Å². The highest BCUT2D eigenvalue weighted by atomic mass is 16.5. The highest BCUT2D eigenvalue weighted by Crippen LogP contribution is 2.21. The summed E-state index contributed by atoms with van der Waals surface area (Å²) in [4.78, 5) is 4.95. The maximum Gasteiger partial charge on any atom is 0.0950 e. The van der Waals surface area contributed by atoms with Crippen LogP contribution in [0.2, 0.25) is 0 Å². The normalized spacial score (nSPS) is 26.9. The number of ether oxygens (including phenoxy) is 1. The zero-order valence-corrected chi connectivity index (χ0v) is 14.4. The Hall–Kier alpha value is -1.40. The second-order valence-electron chi connectivity index (χ2n) is 7.09. The second-order valence-corrected chi connectivity index (χ2v) is 7.09. The summed E-state index contributed by atoms with van der Waals surface area (Å²) in [7, 11) is 2.16. The molecule has 1 N–H and O–H groups in total. The highest BCUT2D eigenvalue weighted by molar-refractivity contribution is 5.81. The molecule has 0 spiro atoms. The fourth-order valence-corrected chi connectivity index (χ4v) is 4.09. The summed E-state index contributed by atoms with van der Waals surface area (Å²) in [6.07, 6.45) is 0.822. The lowest BCUT2D eigenvalue weighted by atomic mass is 10.2. The highest BCUT2D eigenvalue weighted by Gasteiger charge is 2.32. The first-order valence-electron chi connectivity index (χ1n) is 8.98. The van der Waals surface area contributed by atoms with E-state index in [4.69, 9.17) is 4.74 Å². The van der Waals surface area contributed by atoms with E-state index in [2.05, 4.69) is 51.7 Å². The van der Waals surface area contributed by atoms with E-state index in [0.717, 1.165) is 39.1 Å². The lowest BCUT2D eigenvalue weighted by Crippen LogP contribution is -2.44.